The fourth-order valence-corrected chi connectivity index (χ4v) is 1.70. The highest BCUT2D eigenvalue weighted by Gasteiger charge is 2.24. The number of amides is 1. The molecule has 0 saturated heterocycles. The van der Waals surface area contributed by atoms with Crippen LogP contribution in [-0.4, -0.2) is 27.9 Å². The minimum atomic E-state index is -0.824. The van der Waals surface area contributed by atoms with E-state index in [1.165, 1.54) is 12.1 Å². The molecule has 0 unspecified atom stereocenters. The number of phenolic OH excluding ortho intramolecular Hbond substituents is 1. The Kier molecular flexibility index (Phi) is 5.75. The van der Waals surface area contributed by atoms with Crippen LogP contribution in [0.4, 0.5) is 4.79 Å². The third kappa shape index (κ3) is 6.13. The molecule has 0 aliphatic heterocycles. The summed E-state index contributed by atoms with van der Waals surface area (Å²) in [5, 5.41) is 30.1. The minimum Gasteiger partial charge on any atom is -0.508 e. The van der Waals surface area contributed by atoms with Crippen LogP contribution >= 0.6 is 0 Å². The van der Waals surface area contributed by atoms with E-state index >= 15 is 0 Å². The summed E-state index contributed by atoms with van der Waals surface area (Å²) >= 11 is 0. The number of alkyl carbamates (subject to hydrolysis) is 1. The second-order valence-electron chi connectivity index (χ2n) is 5.74. The van der Waals surface area contributed by atoms with E-state index in [1.807, 2.05) is 0 Å². The Morgan fingerprint density at radius 3 is 2.50 bits per heavy atom. The van der Waals surface area contributed by atoms with Crippen molar-refractivity contribution in [2.45, 2.75) is 38.8 Å². The number of benzene rings is 1. The summed E-state index contributed by atoms with van der Waals surface area (Å²) in [5.74, 6) is -0.202. The van der Waals surface area contributed by atoms with Crippen molar-refractivity contribution >= 4 is 6.09 Å². The molecule has 7 heteroatoms. The second kappa shape index (κ2) is 7.31. The Morgan fingerprint density at radius 1 is 1.41 bits per heavy atom. The first-order valence-electron chi connectivity index (χ1n) is 6.72. The zero-order chi connectivity index (χ0) is 16.8. The Morgan fingerprint density at radius 2 is 2.00 bits per heavy atom. The maximum absolute atomic E-state index is 11.8. The first-order valence-corrected chi connectivity index (χ1v) is 6.72. The van der Waals surface area contributed by atoms with Crippen LogP contribution in [0, 0.1) is 5.39 Å². The highest BCUT2D eigenvalue weighted by molar-refractivity contribution is 5.68. The van der Waals surface area contributed by atoms with Crippen molar-refractivity contribution in [3.05, 3.63) is 46.8 Å². The van der Waals surface area contributed by atoms with E-state index in [-0.39, 0.29) is 17.9 Å². The summed E-state index contributed by atoms with van der Waals surface area (Å²) in [5.41, 5.74) is 0.0881. The lowest BCUT2D eigenvalue weighted by molar-refractivity contribution is 0.0501. The minimum absolute atomic E-state index is 0.116. The number of aromatic hydroxyl groups is 1. The molecule has 118 valence electrons. The van der Waals surface area contributed by atoms with Crippen LogP contribution in [0.2, 0.25) is 0 Å². The molecule has 1 aromatic rings. The van der Waals surface area contributed by atoms with E-state index in [0.29, 0.717) is 0 Å². The van der Waals surface area contributed by atoms with Crippen LogP contribution in [0.5, 0.6) is 5.75 Å². The summed E-state index contributed by atoms with van der Waals surface area (Å²) in [7, 11) is 0. The number of nitrogens with zero attached hydrogens (tertiary/aromatic N) is 2. The molecule has 3 N–H and O–H groups in total. The van der Waals surface area contributed by atoms with Gasteiger partial charge in [-0.15, -0.1) is 0 Å². The van der Waals surface area contributed by atoms with Crippen molar-refractivity contribution in [1.82, 2.24) is 5.32 Å². The molecule has 0 aliphatic carbocycles. The summed E-state index contributed by atoms with van der Waals surface area (Å²) < 4.78 is 5.13. The van der Waals surface area contributed by atoms with Gasteiger partial charge in [-0.2, -0.15) is 0 Å². The van der Waals surface area contributed by atoms with Gasteiger partial charge in [-0.25, -0.2) is 4.79 Å². The third-order valence-corrected chi connectivity index (χ3v) is 2.61. The number of ether oxygens (including phenoxy) is 1. The number of carbonyl (C=O) groups is 1. The smallest absolute Gasteiger partial charge is 0.408 e. The molecule has 0 fully saturated rings. The van der Waals surface area contributed by atoms with Crippen molar-refractivity contribution in [3.63, 3.8) is 0 Å². The van der Waals surface area contributed by atoms with Crippen LogP contribution in [0.1, 0.15) is 26.3 Å². The quantitative estimate of drug-likeness (QED) is 0.585. The Labute approximate surface area is 128 Å². The summed E-state index contributed by atoms with van der Waals surface area (Å²) in [6.45, 7) is 5.17. The van der Waals surface area contributed by atoms with Gasteiger partial charge < -0.3 is 20.3 Å². The first-order chi connectivity index (χ1) is 10.2. The van der Waals surface area contributed by atoms with E-state index in [2.05, 4.69) is 10.3 Å². The fourth-order valence-electron chi connectivity index (χ4n) is 1.70. The maximum atomic E-state index is 11.8. The molecule has 1 amide bonds. The number of phenols is 1. The lowest BCUT2D eigenvalue weighted by atomic mass is 10.0. The summed E-state index contributed by atoms with van der Waals surface area (Å²) in [6.07, 6.45) is 0.369. The number of carbonyl (C=O) groups excluding carboxylic acids is 1. The average molecular weight is 306 g/mol. The largest absolute Gasteiger partial charge is 0.508 e. The number of rotatable bonds is 4. The van der Waals surface area contributed by atoms with Crippen molar-refractivity contribution in [2.75, 3.05) is 0 Å². The number of hydrogen-bond donors (Lipinski definition) is 3. The number of hydrogen-bond acceptors (Lipinski definition) is 5. The van der Waals surface area contributed by atoms with Gasteiger partial charge in [0.2, 0.25) is 11.2 Å². The van der Waals surface area contributed by atoms with E-state index < -0.39 is 17.7 Å². The number of aliphatic hydroxyl groups excluding tert-OH is 1. The molecule has 0 spiro atoms. The van der Waals surface area contributed by atoms with Gasteiger partial charge in [0.1, 0.15) is 17.4 Å². The summed E-state index contributed by atoms with van der Waals surface area (Å²) in [4.78, 5) is 14.6. The van der Waals surface area contributed by atoms with E-state index in [4.69, 9.17) is 10.1 Å². The van der Waals surface area contributed by atoms with Crippen LogP contribution in [-0.2, 0) is 11.2 Å². The highest BCUT2D eigenvalue weighted by atomic mass is 16.6. The lowest BCUT2D eigenvalue weighted by Gasteiger charge is -2.22. The van der Waals surface area contributed by atoms with Crippen molar-refractivity contribution < 1.29 is 19.7 Å². The van der Waals surface area contributed by atoms with E-state index in [9.17, 15) is 15.0 Å². The fraction of sp³-hybridized carbons (Fsp3) is 0.400. The molecule has 1 aromatic carbocycles. The maximum Gasteiger partial charge on any atom is 0.408 e. The van der Waals surface area contributed by atoms with Gasteiger partial charge in [-0.3, -0.25) is 0 Å². The molecule has 0 radical (unpaired) electrons. The van der Waals surface area contributed by atoms with Crippen LogP contribution in [0.25, 0.3) is 4.98 Å². The van der Waals surface area contributed by atoms with Crippen molar-refractivity contribution in [3.8, 4) is 5.75 Å². The molecule has 0 aliphatic rings. The Bertz CT molecular complexity index is 582. The van der Waals surface area contributed by atoms with Gasteiger partial charge in [0, 0.05) is 6.42 Å². The monoisotopic (exact) mass is 306 g/mol. The standard InChI is InChI=1S/C15H19N3O4/c1-15(2,3)22-14(21)18-12(13(20)9-17-16)8-10-4-6-11(19)7-5-10/h4-7,9,12H,8H2,1-3H3,(H2-,18,19,20,21)/p+1/b13-9-/t12-/m1/s1. The van der Waals surface area contributed by atoms with Crippen LogP contribution in [0.15, 0.2) is 36.2 Å². The summed E-state index contributed by atoms with van der Waals surface area (Å²) in [6, 6.07) is 5.48. The van der Waals surface area contributed by atoms with Gasteiger partial charge >= 0.3 is 12.3 Å². The SMILES string of the molecule is CC(C)(C)OC(=O)N[C@H](Cc1ccc(O)cc1)/C(O)=C/[N+]#N. The van der Waals surface area contributed by atoms with Crippen molar-refractivity contribution in [1.29, 1.82) is 5.39 Å². The zero-order valence-electron chi connectivity index (χ0n) is 12.8. The molecule has 0 aromatic heterocycles. The topological polar surface area (TPSA) is 107 Å². The lowest BCUT2D eigenvalue weighted by Crippen LogP contribution is -2.41. The molecular formula is C15H20N3O4+. The molecular weight excluding hydrogens is 286 g/mol. The van der Waals surface area contributed by atoms with Crippen LogP contribution in [0.3, 0.4) is 0 Å². The van der Waals surface area contributed by atoms with Gasteiger partial charge in [0.05, 0.1) is 0 Å². The predicted molar refractivity (Wildman–Crippen MR) is 80.8 cm³/mol. The van der Waals surface area contributed by atoms with Gasteiger partial charge in [0.25, 0.3) is 0 Å². The normalized spacial score (nSPS) is 13.1. The number of aliphatic hydroxyl groups is 1. The highest BCUT2D eigenvalue weighted by Crippen LogP contribution is 2.14. The van der Waals surface area contributed by atoms with Crippen LogP contribution < -0.4 is 5.32 Å². The first kappa shape index (κ1) is 17.3. The molecule has 7 nitrogen and oxygen atoms in total. The Hall–Kier alpha value is -2.75. The molecule has 0 saturated carbocycles. The molecule has 1 rings (SSSR count). The molecule has 1 atom stereocenters. The van der Waals surface area contributed by atoms with Gasteiger partial charge in [0.15, 0.2) is 4.98 Å². The third-order valence-electron chi connectivity index (χ3n) is 2.61. The number of nitrogens with one attached hydrogen (secondary N) is 1. The van der Waals surface area contributed by atoms with E-state index in [0.717, 1.165) is 11.8 Å². The Balaban J connectivity index is 2.85. The average Bonchev–Trinajstić information content (AvgIpc) is 2.38. The zero-order valence-corrected chi connectivity index (χ0v) is 12.8. The van der Waals surface area contributed by atoms with Gasteiger partial charge in [-0.05, 0) is 38.5 Å². The van der Waals surface area contributed by atoms with E-state index in [1.54, 1.807) is 32.9 Å². The predicted octanol–water partition coefficient (Wildman–Crippen LogP) is 3.08. The van der Waals surface area contributed by atoms with Gasteiger partial charge in [-0.1, -0.05) is 12.1 Å². The molecule has 22 heavy (non-hydrogen) atoms. The number of diazo groups is 1. The van der Waals surface area contributed by atoms with Crippen molar-refractivity contribution in [2.24, 2.45) is 0 Å². The molecule has 0 heterocycles. The second-order valence-corrected chi connectivity index (χ2v) is 5.74. The molecule has 0 bridgehead atoms.